The van der Waals surface area contributed by atoms with Crippen molar-refractivity contribution in [1.82, 2.24) is 10.0 Å². The molecule has 28 heavy (non-hydrogen) atoms. The Morgan fingerprint density at radius 3 is 2.79 bits per heavy atom. The van der Waals surface area contributed by atoms with Crippen molar-refractivity contribution in [2.24, 2.45) is 0 Å². The second-order valence-electron chi connectivity index (χ2n) is 6.99. The molecule has 0 aromatic heterocycles. The largest absolute Gasteiger partial charge is 0.349 e. The lowest BCUT2D eigenvalue weighted by atomic mass is 9.87. The highest BCUT2D eigenvalue weighted by molar-refractivity contribution is 7.89. The number of halogens is 2. The molecule has 0 aliphatic heterocycles. The number of nitrogens with one attached hydrogen (secondary N) is 2. The molecule has 0 spiro atoms. The molecule has 0 saturated carbocycles. The van der Waals surface area contributed by atoms with E-state index in [-0.39, 0.29) is 23.4 Å². The van der Waals surface area contributed by atoms with E-state index in [2.05, 4.69) is 16.1 Å². The highest BCUT2D eigenvalue weighted by Crippen LogP contribution is 2.29. The average Bonchev–Trinajstić information content (AvgIpc) is 2.63. The summed E-state index contributed by atoms with van der Waals surface area (Å²) in [7, 11) is -4.13. The van der Waals surface area contributed by atoms with Gasteiger partial charge in [-0.3, -0.25) is 4.79 Å². The summed E-state index contributed by atoms with van der Waals surface area (Å²) >= 11 is 5.66. The van der Waals surface area contributed by atoms with E-state index in [4.69, 9.17) is 11.6 Å². The molecule has 2 unspecified atom stereocenters. The second kappa shape index (κ2) is 8.59. The van der Waals surface area contributed by atoms with Crippen molar-refractivity contribution in [2.45, 2.75) is 49.6 Å². The van der Waals surface area contributed by atoms with Crippen LogP contribution >= 0.6 is 11.6 Å². The molecule has 3 rings (SSSR count). The Balaban J connectivity index is 1.63. The first-order chi connectivity index (χ1) is 13.3. The van der Waals surface area contributed by atoms with Gasteiger partial charge in [-0.15, -0.1) is 0 Å². The Labute approximate surface area is 169 Å². The van der Waals surface area contributed by atoms with Gasteiger partial charge in [-0.25, -0.2) is 17.5 Å². The van der Waals surface area contributed by atoms with E-state index < -0.39 is 26.8 Å². The van der Waals surface area contributed by atoms with Gasteiger partial charge < -0.3 is 5.32 Å². The Morgan fingerprint density at radius 1 is 1.25 bits per heavy atom. The van der Waals surface area contributed by atoms with Crippen molar-refractivity contribution in [3.05, 3.63) is 64.4 Å². The molecular weight excluding hydrogens is 403 g/mol. The van der Waals surface area contributed by atoms with Crippen LogP contribution in [0.15, 0.2) is 47.4 Å². The molecule has 0 bridgehead atoms. The summed E-state index contributed by atoms with van der Waals surface area (Å²) in [6, 6.07) is 11.0. The fourth-order valence-corrected chi connectivity index (χ4v) is 5.07. The third-order valence-electron chi connectivity index (χ3n) is 4.76. The minimum atomic E-state index is -4.13. The summed E-state index contributed by atoms with van der Waals surface area (Å²) in [5.41, 5.74) is 2.33. The van der Waals surface area contributed by atoms with Crippen LogP contribution in [-0.4, -0.2) is 20.4 Å². The number of amides is 1. The van der Waals surface area contributed by atoms with E-state index in [0.717, 1.165) is 30.9 Å². The lowest BCUT2D eigenvalue weighted by Crippen LogP contribution is -2.39. The van der Waals surface area contributed by atoms with Crippen LogP contribution in [0.4, 0.5) is 4.39 Å². The van der Waals surface area contributed by atoms with Crippen molar-refractivity contribution < 1.29 is 17.6 Å². The maximum absolute atomic E-state index is 14.0. The lowest BCUT2D eigenvalue weighted by Gasteiger charge is -2.27. The quantitative estimate of drug-likeness (QED) is 0.741. The zero-order valence-corrected chi connectivity index (χ0v) is 17.0. The van der Waals surface area contributed by atoms with Crippen molar-refractivity contribution in [3.8, 4) is 0 Å². The zero-order chi connectivity index (χ0) is 20.3. The molecule has 0 fully saturated rings. The molecule has 2 N–H and O–H groups in total. The summed E-state index contributed by atoms with van der Waals surface area (Å²) in [5.74, 6) is -1.27. The number of hydrogen-bond donors (Lipinski definition) is 2. The second-order valence-corrected chi connectivity index (χ2v) is 9.08. The first-order valence-corrected chi connectivity index (χ1v) is 11.0. The summed E-state index contributed by atoms with van der Waals surface area (Å²) in [4.78, 5) is 11.9. The van der Waals surface area contributed by atoms with Crippen LogP contribution in [0.5, 0.6) is 0 Å². The molecule has 1 amide bonds. The minimum absolute atomic E-state index is 0.0555. The third kappa shape index (κ3) is 4.71. The number of carbonyl (C=O) groups excluding carboxylic acids is 1. The summed E-state index contributed by atoms with van der Waals surface area (Å²) in [6.07, 6.45) is 2.76. The number of fused-ring (bicyclic) bond motifs is 1. The van der Waals surface area contributed by atoms with Gasteiger partial charge in [0.05, 0.1) is 11.1 Å². The fourth-order valence-electron chi connectivity index (χ4n) is 3.50. The van der Waals surface area contributed by atoms with Crippen LogP contribution < -0.4 is 10.0 Å². The number of carbonyl (C=O) groups is 1. The van der Waals surface area contributed by atoms with Crippen LogP contribution in [0.2, 0.25) is 5.02 Å². The molecule has 2 aromatic rings. The molecule has 2 aromatic carbocycles. The van der Waals surface area contributed by atoms with Crippen LogP contribution in [0.1, 0.15) is 43.4 Å². The SMILES string of the molecule is CC(CC(=O)NC1CCCc2ccccc21)NS(=O)(=O)c1cccc(Cl)c1F. The topological polar surface area (TPSA) is 75.3 Å². The number of aryl methyl sites for hydroxylation is 1. The molecule has 1 aliphatic rings. The Bertz CT molecular complexity index is 981. The van der Waals surface area contributed by atoms with Gasteiger partial charge >= 0.3 is 0 Å². The van der Waals surface area contributed by atoms with Crippen molar-refractivity contribution in [2.75, 3.05) is 0 Å². The van der Waals surface area contributed by atoms with E-state index in [0.29, 0.717) is 0 Å². The maximum atomic E-state index is 14.0. The molecule has 0 radical (unpaired) electrons. The number of hydrogen-bond acceptors (Lipinski definition) is 3. The van der Waals surface area contributed by atoms with E-state index in [1.165, 1.54) is 17.7 Å². The Morgan fingerprint density at radius 2 is 2.00 bits per heavy atom. The standard InChI is InChI=1S/C20H22ClFN2O3S/c1-13(24-28(26,27)18-11-5-9-16(21)20(18)22)12-19(25)23-17-10-4-7-14-6-2-3-8-15(14)17/h2-3,5-6,8-9,11,13,17,24H,4,7,10,12H2,1H3,(H,23,25). The van der Waals surface area contributed by atoms with Gasteiger partial charge in [-0.2, -0.15) is 0 Å². The van der Waals surface area contributed by atoms with Gasteiger partial charge in [0.2, 0.25) is 15.9 Å². The highest BCUT2D eigenvalue weighted by Gasteiger charge is 2.25. The summed E-state index contributed by atoms with van der Waals surface area (Å²) in [5, 5.41) is 2.71. The smallest absolute Gasteiger partial charge is 0.243 e. The molecule has 8 heteroatoms. The fraction of sp³-hybridized carbons (Fsp3) is 0.350. The van der Waals surface area contributed by atoms with Crippen LogP contribution in [0, 0.1) is 5.82 Å². The van der Waals surface area contributed by atoms with Crippen molar-refractivity contribution in [3.63, 3.8) is 0 Å². The third-order valence-corrected chi connectivity index (χ3v) is 6.66. The summed E-state index contributed by atoms with van der Waals surface area (Å²) in [6.45, 7) is 1.56. The average molecular weight is 425 g/mol. The molecular formula is C20H22ClFN2O3S. The number of rotatable bonds is 6. The Kier molecular flexibility index (Phi) is 6.37. The van der Waals surface area contributed by atoms with Gasteiger partial charge in [0.25, 0.3) is 0 Å². The molecule has 0 saturated heterocycles. The van der Waals surface area contributed by atoms with E-state index >= 15 is 0 Å². The molecule has 2 atom stereocenters. The lowest BCUT2D eigenvalue weighted by molar-refractivity contribution is -0.122. The number of benzene rings is 2. The first kappa shape index (κ1) is 20.8. The van der Waals surface area contributed by atoms with Crippen LogP contribution in [0.25, 0.3) is 0 Å². The molecule has 0 heterocycles. The van der Waals surface area contributed by atoms with Gasteiger partial charge in [0.15, 0.2) is 5.82 Å². The van der Waals surface area contributed by atoms with Gasteiger partial charge in [0, 0.05) is 12.5 Å². The normalized spacial score (nSPS) is 17.6. The van der Waals surface area contributed by atoms with Gasteiger partial charge in [0.1, 0.15) is 4.90 Å². The minimum Gasteiger partial charge on any atom is -0.349 e. The first-order valence-electron chi connectivity index (χ1n) is 9.11. The van der Waals surface area contributed by atoms with Crippen LogP contribution in [-0.2, 0) is 21.2 Å². The maximum Gasteiger partial charge on any atom is 0.243 e. The van der Waals surface area contributed by atoms with Crippen LogP contribution in [0.3, 0.4) is 0 Å². The highest BCUT2D eigenvalue weighted by atomic mass is 35.5. The van der Waals surface area contributed by atoms with Gasteiger partial charge in [-0.1, -0.05) is 41.9 Å². The summed E-state index contributed by atoms with van der Waals surface area (Å²) < 4.78 is 41.2. The molecule has 1 aliphatic carbocycles. The van der Waals surface area contributed by atoms with Gasteiger partial charge in [-0.05, 0) is 49.4 Å². The van der Waals surface area contributed by atoms with E-state index in [1.807, 2.05) is 18.2 Å². The zero-order valence-electron chi connectivity index (χ0n) is 15.4. The van der Waals surface area contributed by atoms with Crippen molar-refractivity contribution >= 4 is 27.5 Å². The number of sulfonamides is 1. The van der Waals surface area contributed by atoms with Crippen molar-refractivity contribution in [1.29, 1.82) is 0 Å². The monoisotopic (exact) mass is 424 g/mol. The predicted octanol–water partition coefficient (Wildman–Crippen LogP) is 3.73. The predicted molar refractivity (Wildman–Crippen MR) is 106 cm³/mol. The molecule has 150 valence electrons. The molecule has 5 nitrogen and oxygen atoms in total. The van der Waals surface area contributed by atoms with E-state index in [1.54, 1.807) is 6.92 Å². The van der Waals surface area contributed by atoms with E-state index in [9.17, 15) is 17.6 Å². The Hall–Kier alpha value is -1.96.